The van der Waals surface area contributed by atoms with Crippen LogP contribution < -0.4 is 15.4 Å². The Hall–Kier alpha value is -3.60. The fourth-order valence-corrected chi connectivity index (χ4v) is 4.67. The molecule has 180 valence electrons. The van der Waals surface area contributed by atoms with Crippen molar-refractivity contribution < 1.29 is 13.6 Å². The predicted octanol–water partition coefficient (Wildman–Crippen LogP) is 4.38. The molecule has 0 aliphatic carbocycles. The molecule has 3 heterocycles. The predicted molar refractivity (Wildman–Crippen MR) is 137 cm³/mol. The summed E-state index contributed by atoms with van der Waals surface area (Å²) in [6.07, 6.45) is 3.03. The summed E-state index contributed by atoms with van der Waals surface area (Å²) in [5.41, 5.74) is 6.10. The van der Waals surface area contributed by atoms with Crippen LogP contribution in [0.2, 0.25) is 0 Å². The van der Waals surface area contributed by atoms with Gasteiger partial charge in [0.1, 0.15) is 0 Å². The topological polar surface area (TPSA) is 121 Å². The molecule has 1 aliphatic rings. The van der Waals surface area contributed by atoms with Crippen LogP contribution in [0.5, 0.6) is 0 Å². The van der Waals surface area contributed by atoms with Gasteiger partial charge in [0.05, 0.1) is 17.4 Å². The van der Waals surface area contributed by atoms with Gasteiger partial charge in [-0.2, -0.15) is 0 Å². The minimum absolute atomic E-state index is 0.0197. The first-order valence-electron chi connectivity index (χ1n) is 11.3. The van der Waals surface area contributed by atoms with E-state index in [0.29, 0.717) is 12.4 Å². The van der Waals surface area contributed by atoms with Crippen molar-refractivity contribution in [2.75, 3.05) is 10.6 Å². The number of fused-ring (bicyclic) bond motifs is 2. The van der Waals surface area contributed by atoms with Gasteiger partial charge in [-0.25, -0.2) is 18.4 Å². The molecule has 4 N–H and O–H groups in total. The minimum atomic E-state index is -2.07. The van der Waals surface area contributed by atoms with Crippen molar-refractivity contribution in [3.05, 3.63) is 71.9 Å². The van der Waals surface area contributed by atoms with Crippen LogP contribution in [0, 0.1) is 0 Å². The monoisotopic (exact) mass is 490 g/mol. The maximum absolute atomic E-state index is 12.2. The highest BCUT2D eigenvalue weighted by molar-refractivity contribution is 7.77. The van der Waals surface area contributed by atoms with Gasteiger partial charge in [-0.1, -0.05) is 38.1 Å². The van der Waals surface area contributed by atoms with Crippen LogP contribution in [0.3, 0.4) is 0 Å². The Morgan fingerprint density at radius 1 is 1.17 bits per heavy atom. The third-order valence-electron chi connectivity index (χ3n) is 6.28. The molecule has 2 aromatic heterocycles. The highest BCUT2D eigenvalue weighted by Gasteiger charge is 2.28. The minimum Gasteiger partial charge on any atom is -0.326 e. The van der Waals surface area contributed by atoms with Gasteiger partial charge >= 0.3 is 0 Å². The Morgan fingerprint density at radius 2 is 2.03 bits per heavy atom. The third kappa shape index (κ3) is 4.95. The Labute approximate surface area is 205 Å². The number of hydrogen-bond donors (Lipinski definition) is 4. The van der Waals surface area contributed by atoms with E-state index in [2.05, 4.69) is 39.3 Å². The van der Waals surface area contributed by atoms with Gasteiger partial charge < -0.3 is 10.6 Å². The molecule has 0 radical (unpaired) electrons. The molecule has 0 fully saturated rings. The Morgan fingerprint density at radius 3 is 2.86 bits per heavy atom. The van der Waals surface area contributed by atoms with E-state index in [1.54, 1.807) is 10.7 Å². The molecule has 5 rings (SSSR count). The van der Waals surface area contributed by atoms with E-state index in [-0.39, 0.29) is 17.9 Å². The molecule has 4 aromatic rings. The van der Waals surface area contributed by atoms with Crippen LogP contribution in [0.15, 0.2) is 60.8 Å². The van der Waals surface area contributed by atoms with Gasteiger partial charge in [-0.3, -0.25) is 9.35 Å². The SMILES string of the molecule is CC1(C)CCC(=O)Nc2cc(Nc3ncc4ccc(-c5cccc(CNS(=O)O)c5)n4n3)ccc21. The lowest BCUT2D eigenvalue weighted by Gasteiger charge is -2.24. The zero-order valence-electron chi connectivity index (χ0n) is 19.4. The lowest BCUT2D eigenvalue weighted by atomic mass is 9.80. The van der Waals surface area contributed by atoms with Crippen LogP contribution in [-0.2, 0) is 28.0 Å². The van der Waals surface area contributed by atoms with Crippen LogP contribution in [0.4, 0.5) is 17.3 Å². The second kappa shape index (κ2) is 9.21. The van der Waals surface area contributed by atoms with Gasteiger partial charge in [0.15, 0.2) is 0 Å². The lowest BCUT2D eigenvalue weighted by Crippen LogP contribution is -2.16. The zero-order chi connectivity index (χ0) is 24.6. The summed E-state index contributed by atoms with van der Waals surface area (Å²) < 4.78 is 24.2. The maximum atomic E-state index is 12.2. The second-order valence-electron chi connectivity index (χ2n) is 9.23. The highest BCUT2D eigenvalue weighted by Crippen LogP contribution is 2.38. The molecular formula is C25H26N6O3S. The van der Waals surface area contributed by atoms with Crippen LogP contribution in [0.25, 0.3) is 16.8 Å². The van der Waals surface area contributed by atoms with Gasteiger partial charge in [0.25, 0.3) is 0 Å². The maximum Gasteiger partial charge on any atom is 0.245 e. The first kappa shape index (κ1) is 23.2. The normalized spacial score (nSPS) is 15.8. The Kier molecular flexibility index (Phi) is 6.10. The van der Waals surface area contributed by atoms with Crippen molar-refractivity contribution in [3.63, 3.8) is 0 Å². The smallest absolute Gasteiger partial charge is 0.245 e. The first-order chi connectivity index (χ1) is 16.8. The number of anilines is 3. The number of carbonyl (C=O) groups is 1. The summed E-state index contributed by atoms with van der Waals surface area (Å²) in [4.78, 5) is 16.6. The quantitative estimate of drug-likeness (QED) is 0.298. The number of rotatable bonds is 6. The Bertz CT molecular complexity index is 1450. The first-order valence-corrected chi connectivity index (χ1v) is 12.4. The molecule has 1 amide bonds. The van der Waals surface area contributed by atoms with E-state index in [4.69, 9.17) is 4.55 Å². The highest BCUT2D eigenvalue weighted by atomic mass is 32.2. The number of carbonyl (C=O) groups excluding carboxylic acids is 1. The molecule has 1 unspecified atom stereocenters. The fourth-order valence-electron chi connectivity index (χ4n) is 4.38. The molecule has 35 heavy (non-hydrogen) atoms. The summed E-state index contributed by atoms with van der Waals surface area (Å²) >= 11 is -2.07. The van der Waals surface area contributed by atoms with Crippen molar-refractivity contribution in [1.82, 2.24) is 19.3 Å². The average Bonchev–Trinajstić information content (AvgIpc) is 3.20. The van der Waals surface area contributed by atoms with Crippen LogP contribution in [0.1, 0.15) is 37.8 Å². The molecule has 1 atom stereocenters. The molecule has 2 aromatic carbocycles. The van der Waals surface area contributed by atoms with Crippen molar-refractivity contribution in [2.24, 2.45) is 0 Å². The molecule has 10 heteroatoms. The summed E-state index contributed by atoms with van der Waals surface area (Å²) in [7, 11) is 0. The van der Waals surface area contributed by atoms with Gasteiger partial charge in [0.2, 0.25) is 23.1 Å². The standard InChI is InChI=1S/C25H26N6O3S/c1-25(2)11-10-23(32)29-21-13-18(6-8-20(21)25)28-24-26-15-19-7-9-22(31(19)30-24)17-5-3-4-16(12-17)14-27-35(33)34/h3-9,12-13,15,27H,10-11,14H2,1-2H3,(H,28,30)(H,29,32)(H,33,34). The van der Waals surface area contributed by atoms with E-state index in [9.17, 15) is 9.00 Å². The van der Waals surface area contributed by atoms with E-state index in [1.807, 2.05) is 54.6 Å². The van der Waals surface area contributed by atoms with E-state index in [0.717, 1.165) is 45.7 Å². The van der Waals surface area contributed by atoms with Crippen molar-refractivity contribution in [3.8, 4) is 11.3 Å². The summed E-state index contributed by atoms with van der Waals surface area (Å²) in [5, 5.41) is 11.0. The molecule has 0 spiro atoms. The number of aromatic nitrogens is 3. The van der Waals surface area contributed by atoms with Gasteiger partial charge in [-0.05, 0) is 53.3 Å². The number of nitrogens with one attached hydrogen (secondary N) is 3. The molecule has 0 saturated heterocycles. The van der Waals surface area contributed by atoms with Crippen molar-refractivity contribution >= 4 is 40.0 Å². The Balaban J connectivity index is 1.45. The molecular weight excluding hydrogens is 464 g/mol. The fraction of sp³-hybridized carbons (Fsp3) is 0.240. The lowest BCUT2D eigenvalue weighted by molar-refractivity contribution is -0.116. The van der Waals surface area contributed by atoms with E-state index < -0.39 is 11.3 Å². The summed E-state index contributed by atoms with van der Waals surface area (Å²) in [6, 6.07) is 17.5. The number of hydrogen-bond acceptors (Lipinski definition) is 5. The summed E-state index contributed by atoms with van der Waals surface area (Å²) in [5.74, 6) is 0.439. The van der Waals surface area contributed by atoms with E-state index in [1.165, 1.54) is 0 Å². The molecule has 1 aliphatic heterocycles. The van der Waals surface area contributed by atoms with Crippen LogP contribution in [-0.4, -0.2) is 29.3 Å². The average molecular weight is 491 g/mol. The zero-order valence-corrected chi connectivity index (χ0v) is 20.2. The van der Waals surface area contributed by atoms with Crippen molar-refractivity contribution in [1.29, 1.82) is 0 Å². The molecule has 0 saturated carbocycles. The van der Waals surface area contributed by atoms with Gasteiger partial charge in [-0.15, -0.1) is 5.10 Å². The third-order valence-corrected chi connectivity index (χ3v) is 6.67. The van der Waals surface area contributed by atoms with Crippen molar-refractivity contribution in [2.45, 2.75) is 38.6 Å². The van der Waals surface area contributed by atoms with E-state index >= 15 is 0 Å². The second-order valence-corrected chi connectivity index (χ2v) is 10.0. The number of nitrogens with zero attached hydrogens (tertiary/aromatic N) is 3. The molecule has 9 nitrogen and oxygen atoms in total. The van der Waals surface area contributed by atoms with Gasteiger partial charge in [0, 0.05) is 29.9 Å². The molecule has 0 bridgehead atoms. The van der Waals surface area contributed by atoms with Crippen LogP contribution >= 0.6 is 0 Å². The summed E-state index contributed by atoms with van der Waals surface area (Å²) in [6.45, 7) is 4.57. The number of benzene rings is 2. The number of amides is 1. The largest absolute Gasteiger partial charge is 0.326 e.